The van der Waals surface area contributed by atoms with Gasteiger partial charge in [0.25, 0.3) is 0 Å². The van der Waals surface area contributed by atoms with Crippen molar-refractivity contribution in [3.05, 3.63) is 64.8 Å². The lowest BCUT2D eigenvalue weighted by Gasteiger charge is -2.09. The summed E-state index contributed by atoms with van der Waals surface area (Å²) >= 11 is 0. The van der Waals surface area contributed by atoms with Crippen molar-refractivity contribution in [3.63, 3.8) is 0 Å². The predicted molar refractivity (Wildman–Crippen MR) is 102 cm³/mol. The molecule has 0 aliphatic heterocycles. The number of benzene rings is 1. The van der Waals surface area contributed by atoms with Crippen LogP contribution in [0.5, 0.6) is 0 Å². The topological polar surface area (TPSA) is 56.4 Å². The molecule has 0 amide bonds. The van der Waals surface area contributed by atoms with Gasteiger partial charge in [-0.3, -0.25) is 9.13 Å². The minimum atomic E-state index is -0.532. The van der Waals surface area contributed by atoms with E-state index in [1.807, 2.05) is 62.4 Å². The fourth-order valence-corrected chi connectivity index (χ4v) is 2.60. The molecule has 1 heterocycles. The molecular formula is C20H26N2O3. The van der Waals surface area contributed by atoms with Crippen LogP contribution in [0.15, 0.2) is 59.1 Å². The van der Waals surface area contributed by atoms with Gasteiger partial charge < -0.3 is 9.84 Å². The Morgan fingerprint density at radius 2 is 1.96 bits per heavy atom. The number of aliphatic hydroxyl groups is 1. The highest BCUT2D eigenvalue weighted by Crippen LogP contribution is 2.17. The van der Waals surface area contributed by atoms with Crippen molar-refractivity contribution in [1.82, 2.24) is 9.13 Å². The van der Waals surface area contributed by atoms with Crippen LogP contribution in [0, 0.1) is 0 Å². The maximum Gasteiger partial charge on any atom is 0.333 e. The van der Waals surface area contributed by atoms with E-state index >= 15 is 0 Å². The van der Waals surface area contributed by atoms with Crippen LogP contribution < -0.4 is 5.69 Å². The third-order valence-corrected chi connectivity index (χ3v) is 3.83. The largest absolute Gasteiger partial charge is 0.491 e. The minimum Gasteiger partial charge on any atom is -0.491 e. The second-order valence-electron chi connectivity index (χ2n) is 5.89. The smallest absolute Gasteiger partial charge is 0.333 e. The summed E-state index contributed by atoms with van der Waals surface area (Å²) in [5.74, 6) is 0.677. The van der Waals surface area contributed by atoms with Crippen LogP contribution in [-0.4, -0.2) is 27.0 Å². The Labute approximate surface area is 148 Å². The first-order chi connectivity index (χ1) is 12.0. The van der Waals surface area contributed by atoms with Crippen LogP contribution in [0.2, 0.25) is 0 Å². The van der Waals surface area contributed by atoms with E-state index < -0.39 is 6.10 Å². The molecule has 0 aliphatic rings. The predicted octanol–water partition coefficient (Wildman–Crippen LogP) is 3.45. The Morgan fingerprint density at radius 1 is 1.28 bits per heavy atom. The normalized spacial score (nSPS) is 14.4. The molecule has 1 aromatic carbocycles. The Morgan fingerprint density at radius 3 is 2.56 bits per heavy atom. The van der Waals surface area contributed by atoms with Crippen LogP contribution >= 0.6 is 0 Å². The van der Waals surface area contributed by atoms with Gasteiger partial charge in [0, 0.05) is 12.7 Å². The van der Waals surface area contributed by atoms with Gasteiger partial charge in [0.05, 0.1) is 17.1 Å². The molecule has 0 radical (unpaired) electrons. The zero-order chi connectivity index (χ0) is 18.4. The number of para-hydroxylation sites is 2. The van der Waals surface area contributed by atoms with E-state index in [0.29, 0.717) is 5.76 Å². The summed E-state index contributed by atoms with van der Waals surface area (Å²) < 4.78 is 8.93. The third-order valence-electron chi connectivity index (χ3n) is 3.83. The molecule has 1 unspecified atom stereocenters. The number of imidazole rings is 1. The van der Waals surface area contributed by atoms with Gasteiger partial charge in [-0.2, -0.15) is 0 Å². The maximum atomic E-state index is 12.6. The van der Waals surface area contributed by atoms with E-state index in [0.717, 1.165) is 23.2 Å². The molecule has 1 N–H and O–H groups in total. The highest BCUT2D eigenvalue weighted by atomic mass is 16.5. The van der Waals surface area contributed by atoms with Gasteiger partial charge in [0.15, 0.2) is 0 Å². The fraction of sp³-hybridized carbons (Fsp3) is 0.350. The Hall–Kier alpha value is -2.53. The molecule has 2 aromatic rings. The molecule has 5 nitrogen and oxygen atoms in total. The van der Waals surface area contributed by atoms with Crippen molar-refractivity contribution in [3.8, 4) is 0 Å². The first-order valence-corrected chi connectivity index (χ1v) is 8.51. The number of aryl methyl sites for hydroxylation is 1. The van der Waals surface area contributed by atoms with Gasteiger partial charge >= 0.3 is 5.69 Å². The lowest BCUT2D eigenvalue weighted by atomic mass is 10.2. The van der Waals surface area contributed by atoms with Crippen molar-refractivity contribution in [1.29, 1.82) is 0 Å². The SMILES string of the molecule is C\C=C(/C=C\C(=C/CC)OCC(C)O)n1c(=O)n(C)c2ccccc21. The van der Waals surface area contributed by atoms with Crippen LogP contribution in [0.25, 0.3) is 16.7 Å². The van der Waals surface area contributed by atoms with Crippen molar-refractivity contribution in [2.45, 2.75) is 33.3 Å². The van der Waals surface area contributed by atoms with Crippen molar-refractivity contribution < 1.29 is 9.84 Å². The number of allylic oxidation sites excluding steroid dienone is 5. The highest BCUT2D eigenvalue weighted by Gasteiger charge is 2.11. The third kappa shape index (κ3) is 4.31. The van der Waals surface area contributed by atoms with E-state index in [2.05, 4.69) is 0 Å². The van der Waals surface area contributed by atoms with Crippen molar-refractivity contribution in [2.75, 3.05) is 6.61 Å². The van der Waals surface area contributed by atoms with Crippen molar-refractivity contribution in [2.24, 2.45) is 7.05 Å². The van der Waals surface area contributed by atoms with Gasteiger partial charge in [0.2, 0.25) is 0 Å². The van der Waals surface area contributed by atoms with E-state index in [4.69, 9.17) is 4.74 Å². The first kappa shape index (κ1) is 18.8. The number of hydrogen-bond acceptors (Lipinski definition) is 3. The molecule has 0 spiro atoms. The van der Waals surface area contributed by atoms with Crippen molar-refractivity contribution >= 4 is 16.7 Å². The van der Waals surface area contributed by atoms with E-state index in [1.54, 1.807) is 23.1 Å². The summed E-state index contributed by atoms with van der Waals surface area (Å²) in [7, 11) is 1.77. The van der Waals surface area contributed by atoms with Crippen LogP contribution in [0.3, 0.4) is 0 Å². The summed E-state index contributed by atoms with van der Waals surface area (Å²) in [6.45, 7) is 5.83. The summed E-state index contributed by atoms with van der Waals surface area (Å²) in [6, 6.07) is 7.70. The number of aliphatic hydroxyl groups excluding tert-OH is 1. The molecule has 1 aromatic heterocycles. The molecule has 1 atom stereocenters. The molecule has 2 rings (SSSR count). The zero-order valence-electron chi connectivity index (χ0n) is 15.3. The second kappa shape index (κ2) is 8.53. The van der Waals surface area contributed by atoms with Gasteiger partial charge in [-0.25, -0.2) is 4.79 Å². The molecule has 134 valence electrons. The Kier molecular flexibility index (Phi) is 6.42. The summed E-state index contributed by atoms with van der Waals surface area (Å²) in [5, 5.41) is 9.39. The molecule has 0 aliphatic carbocycles. The van der Waals surface area contributed by atoms with Gasteiger partial charge in [0.1, 0.15) is 12.4 Å². The molecule has 5 heteroatoms. The van der Waals surface area contributed by atoms with Crippen LogP contribution in [-0.2, 0) is 11.8 Å². The number of aromatic nitrogens is 2. The quantitative estimate of drug-likeness (QED) is 0.619. The lowest BCUT2D eigenvalue weighted by molar-refractivity contribution is 0.0880. The molecule has 0 saturated heterocycles. The highest BCUT2D eigenvalue weighted by molar-refractivity contribution is 5.81. The maximum absolute atomic E-state index is 12.6. The molecule has 0 bridgehead atoms. The average molecular weight is 342 g/mol. The number of hydrogen-bond donors (Lipinski definition) is 1. The molecule has 25 heavy (non-hydrogen) atoms. The zero-order valence-corrected chi connectivity index (χ0v) is 15.3. The second-order valence-corrected chi connectivity index (χ2v) is 5.89. The van der Waals surface area contributed by atoms with Gasteiger partial charge in [-0.1, -0.05) is 25.1 Å². The van der Waals surface area contributed by atoms with E-state index in [-0.39, 0.29) is 12.3 Å². The Balaban J connectivity index is 2.40. The number of fused-ring (bicyclic) bond motifs is 1. The fourth-order valence-electron chi connectivity index (χ4n) is 2.60. The van der Waals surface area contributed by atoms with Crippen LogP contribution in [0.1, 0.15) is 27.2 Å². The van der Waals surface area contributed by atoms with E-state index in [1.165, 1.54) is 0 Å². The summed E-state index contributed by atoms with van der Waals surface area (Å²) in [6.07, 6.45) is 7.81. The summed E-state index contributed by atoms with van der Waals surface area (Å²) in [4.78, 5) is 12.6. The number of ether oxygens (including phenoxy) is 1. The van der Waals surface area contributed by atoms with Gasteiger partial charge in [-0.05, 0) is 50.6 Å². The molecule has 0 saturated carbocycles. The molecular weight excluding hydrogens is 316 g/mol. The standard InChI is InChI=1S/C20H26N2O3/c1-5-9-17(25-14-15(3)23)13-12-16(6-2)22-19-11-8-7-10-18(19)21(4)20(22)24/h6-13,15,23H,5,14H2,1-4H3/b13-12-,16-6+,17-9+. The van der Waals surface area contributed by atoms with Crippen LogP contribution in [0.4, 0.5) is 0 Å². The number of rotatable bonds is 7. The monoisotopic (exact) mass is 342 g/mol. The van der Waals surface area contributed by atoms with E-state index in [9.17, 15) is 9.90 Å². The average Bonchev–Trinajstić information content (AvgIpc) is 2.85. The lowest BCUT2D eigenvalue weighted by Crippen LogP contribution is -2.21. The summed E-state index contributed by atoms with van der Waals surface area (Å²) in [5.41, 5.74) is 2.42. The number of nitrogens with zero attached hydrogens (tertiary/aromatic N) is 2. The first-order valence-electron chi connectivity index (χ1n) is 8.51. The molecule has 0 fully saturated rings. The Bertz CT molecular complexity index is 867. The van der Waals surface area contributed by atoms with Gasteiger partial charge in [-0.15, -0.1) is 0 Å². The minimum absolute atomic E-state index is 0.0927.